The molecule has 8 nitrogen and oxygen atoms in total. The van der Waals surface area contributed by atoms with E-state index in [1.807, 2.05) is 0 Å². The van der Waals surface area contributed by atoms with Gasteiger partial charge in [0.25, 0.3) is 0 Å². The number of nitrogens with one attached hydrogen (secondary N) is 1. The molecule has 0 spiro atoms. The van der Waals surface area contributed by atoms with E-state index < -0.39 is 5.69 Å². The number of hydrogen-bond donors (Lipinski definition) is 2. The highest BCUT2D eigenvalue weighted by atomic mass is 16.3. The van der Waals surface area contributed by atoms with Crippen LogP contribution in [0, 0.1) is 0 Å². The molecule has 8 heteroatoms. The number of anilines is 1. The first-order chi connectivity index (χ1) is 11.7. The fraction of sp³-hybridized carbons (Fsp3) is 0. The zero-order valence-electron chi connectivity index (χ0n) is 12.3. The lowest BCUT2D eigenvalue weighted by Gasteiger charge is -2.11. The Hall–Kier alpha value is -3.68. The topological polar surface area (TPSA) is 124 Å². The molecule has 0 radical (unpaired) electrons. The third-order valence-corrected chi connectivity index (χ3v) is 3.40. The summed E-state index contributed by atoms with van der Waals surface area (Å²) in [5.41, 5.74) is 7.57. The maximum Gasteiger partial charge on any atom is 0.344 e. The molecule has 0 unspecified atom stereocenters. The maximum atomic E-state index is 11.3. The van der Waals surface area contributed by atoms with E-state index >= 15 is 0 Å². The molecule has 4 aromatic rings. The van der Waals surface area contributed by atoms with Crippen LogP contribution in [0.1, 0.15) is 0 Å². The smallest absolute Gasteiger partial charge is 0.344 e. The van der Waals surface area contributed by atoms with Crippen molar-refractivity contribution in [3.05, 3.63) is 59.7 Å². The van der Waals surface area contributed by atoms with E-state index in [-0.39, 0.29) is 5.95 Å². The van der Waals surface area contributed by atoms with Crippen LogP contribution in [0.5, 0.6) is 0 Å². The van der Waals surface area contributed by atoms with Gasteiger partial charge in [-0.15, -0.1) is 0 Å². The van der Waals surface area contributed by atoms with Gasteiger partial charge in [-0.3, -0.25) is 0 Å². The Morgan fingerprint density at radius 3 is 2.08 bits per heavy atom. The molecule has 4 rings (SSSR count). The summed E-state index contributed by atoms with van der Waals surface area (Å²) in [6.07, 6.45) is 6.04. The normalized spacial score (nSPS) is 10.8. The number of furan rings is 2. The Bertz CT molecular complexity index is 960. The highest BCUT2D eigenvalue weighted by Gasteiger charge is 2.21. The van der Waals surface area contributed by atoms with Crippen molar-refractivity contribution >= 4 is 5.95 Å². The van der Waals surface area contributed by atoms with Gasteiger partial charge in [0.2, 0.25) is 5.95 Å². The Balaban J connectivity index is 2.07. The number of nitrogen functional groups attached to an aromatic ring is 1. The minimum atomic E-state index is -0.450. The van der Waals surface area contributed by atoms with Gasteiger partial charge in [-0.2, -0.15) is 0 Å². The van der Waals surface area contributed by atoms with Gasteiger partial charge >= 0.3 is 5.69 Å². The summed E-state index contributed by atoms with van der Waals surface area (Å²) in [4.78, 5) is 26.2. The second kappa shape index (κ2) is 5.51. The predicted octanol–water partition coefficient (Wildman–Crippen LogP) is 2.33. The number of aromatic nitrogens is 4. The number of hydrogen-bond acceptors (Lipinski definition) is 7. The molecular formula is C16H11N5O3. The lowest BCUT2D eigenvalue weighted by Crippen LogP contribution is -2.09. The Kier molecular flexibility index (Phi) is 3.20. The third-order valence-electron chi connectivity index (χ3n) is 3.40. The summed E-state index contributed by atoms with van der Waals surface area (Å²) >= 11 is 0. The quantitative estimate of drug-likeness (QED) is 0.593. The standard InChI is InChI=1S/C16H11N5O3/c17-15-20-13(10-3-1-5-23-10)12(9-7-18-16(22)19-8-9)14(21-15)11-4-2-6-24-11/h1-8H,(H2,17,20,21)(H,18,19,22). The minimum absolute atomic E-state index is 0.0777. The monoisotopic (exact) mass is 321 g/mol. The largest absolute Gasteiger partial charge is 0.463 e. The van der Waals surface area contributed by atoms with Crippen LogP contribution in [0.15, 0.2) is 62.8 Å². The average Bonchev–Trinajstić information content (AvgIpc) is 3.29. The fourth-order valence-corrected chi connectivity index (χ4v) is 2.41. The van der Waals surface area contributed by atoms with E-state index in [4.69, 9.17) is 14.6 Å². The number of H-pyrrole nitrogens is 1. The van der Waals surface area contributed by atoms with Gasteiger partial charge in [0.05, 0.1) is 12.5 Å². The SMILES string of the molecule is Nc1nc(-c2ccco2)c(-c2cnc(=O)[nH]c2)c(-c2ccco2)n1. The number of rotatable bonds is 3. The zero-order valence-corrected chi connectivity index (χ0v) is 12.3. The third kappa shape index (κ3) is 2.35. The van der Waals surface area contributed by atoms with Crippen LogP contribution >= 0.6 is 0 Å². The van der Waals surface area contributed by atoms with Crippen LogP contribution in [-0.4, -0.2) is 19.9 Å². The van der Waals surface area contributed by atoms with Crippen LogP contribution in [0.3, 0.4) is 0 Å². The highest BCUT2D eigenvalue weighted by molar-refractivity contribution is 5.88. The first-order valence-electron chi connectivity index (χ1n) is 7.03. The lowest BCUT2D eigenvalue weighted by atomic mass is 10.0. The summed E-state index contributed by atoms with van der Waals surface area (Å²) in [5, 5.41) is 0. The molecule has 4 aromatic heterocycles. The molecule has 0 aliphatic carbocycles. The summed E-state index contributed by atoms with van der Waals surface area (Å²) < 4.78 is 10.9. The number of aromatic amines is 1. The predicted molar refractivity (Wildman–Crippen MR) is 85.7 cm³/mol. The number of nitrogens with zero attached hydrogens (tertiary/aromatic N) is 3. The van der Waals surface area contributed by atoms with Gasteiger partial charge in [-0.1, -0.05) is 0 Å². The molecule has 4 heterocycles. The van der Waals surface area contributed by atoms with Crippen molar-refractivity contribution in [3.8, 4) is 34.0 Å². The highest BCUT2D eigenvalue weighted by Crippen LogP contribution is 2.37. The van der Waals surface area contributed by atoms with Crippen LogP contribution in [0.4, 0.5) is 5.95 Å². The van der Waals surface area contributed by atoms with Gasteiger partial charge < -0.3 is 19.6 Å². The second-order valence-electron chi connectivity index (χ2n) is 4.92. The van der Waals surface area contributed by atoms with E-state index in [2.05, 4.69) is 19.9 Å². The summed E-state index contributed by atoms with van der Waals surface area (Å²) in [5.74, 6) is 1.10. The molecule has 0 aliphatic heterocycles. The molecule has 0 bridgehead atoms. The molecule has 0 amide bonds. The van der Waals surface area contributed by atoms with Crippen molar-refractivity contribution < 1.29 is 8.83 Å². The second-order valence-corrected chi connectivity index (χ2v) is 4.92. The van der Waals surface area contributed by atoms with Crippen LogP contribution < -0.4 is 11.4 Å². The van der Waals surface area contributed by atoms with Crippen molar-refractivity contribution in [2.45, 2.75) is 0 Å². The van der Waals surface area contributed by atoms with Gasteiger partial charge in [-0.05, 0) is 24.3 Å². The molecule has 0 aromatic carbocycles. The first-order valence-corrected chi connectivity index (χ1v) is 7.03. The van der Waals surface area contributed by atoms with Crippen molar-refractivity contribution in [3.63, 3.8) is 0 Å². The van der Waals surface area contributed by atoms with Crippen molar-refractivity contribution in [2.24, 2.45) is 0 Å². The van der Waals surface area contributed by atoms with Crippen LogP contribution in [-0.2, 0) is 0 Å². The molecule has 0 atom stereocenters. The van der Waals surface area contributed by atoms with Crippen molar-refractivity contribution in [1.29, 1.82) is 0 Å². The summed E-state index contributed by atoms with van der Waals surface area (Å²) in [7, 11) is 0. The Morgan fingerprint density at radius 2 is 1.62 bits per heavy atom. The van der Waals surface area contributed by atoms with Gasteiger partial charge in [0.1, 0.15) is 11.4 Å². The van der Waals surface area contributed by atoms with Crippen molar-refractivity contribution in [2.75, 3.05) is 5.73 Å². The van der Waals surface area contributed by atoms with E-state index in [9.17, 15) is 4.79 Å². The molecule has 118 valence electrons. The van der Waals surface area contributed by atoms with Gasteiger partial charge in [0, 0.05) is 23.5 Å². The lowest BCUT2D eigenvalue weighted by molar-refractivity contribution is 0.577. The van der Waals surface area contributed by atoms with E-state index in [0.29, 0.717) is 34.0 Å². The number of nitrogens with two attached hydrogens (primary N) is 1. The Labute approximate surface area is 135 Å². The zero-order chi connectivity index (χ0) is 16.5. The first kappa shape index (κ1) is 13.9. The average molecular weight is 321 g/mol. The van der Waals surface area contributed by atoms with Crippen molar-refractivity contribution in [1.82, 2.24) is 19.9 Å². The minimum Gasteiger partial charge on any atom is -0.463 e. The summed E-state index contributed by atoms with van der Waals surface area (Å²) in [6.45, 7) is 0. The molecule has 0 saturated heterocycles. The van der Waals surface area contributed by atoms with Crippen LogP contribution in [0.25, 0.3) is 34.0 Å². The van der Waals surface area contributed by atoms with E-state index in [0.717, 1.165) is 0 Å². The molecule has 24 heavy (non-hydrogen) atoms. The molecule has 0 aliphatic rings. The van der Waals surface area contributed by atoms with Gasteiger partial charge in [0.15, 0.2) is 11.5 Å². The van der Waals surface area contributed by atoms with Crippen LogP contribution in [0.2, 0.25) is 0 Å². The summed E-state index contributed by atoms with van der Waals surface area (Å²) in [6, 6.07) is 7.01. The van der Waals surface area contributed by atoms with E-state index in [1.54, 1.807) is 24.3 Å². The molecule has 0 saturated carbocycles. The molecular weight excluding hydrogens is 310 g/mol. The van der Waals surface area contributed by atoms with Gasteiger partial charge in [-0.25, -0.2) is 19.7 Å². The molecule has 3 N–H and O–H groups in total. The fourth-order valence-electron chi connectivity index (χ4n) is 2.41. The Morgan fingerprint density at radius 1 is 1.00 bits per heavy atom. The van der Waals surface area contributed by atoms with E-state index in [1.165, 1.54) is 24.9 Å². The maximum absolute atomic E-state index is 11.3. The molecule has 0 fully saturated rings.